The maximum Gasteiger partial charge on any atom is 0.267 e. The molecule has 0 radical (unpaired) electrons. The first kappa shape index (κ1) is 23.2. The van der Waals surface area contributed by atoms with Crippen molar-refractivity contribution >= 4 is 29.7 Å². The molecule has 3 rings (SSSR count). The van der Waals surface area contributed by atoms with E-state index in [1.54, 1.807) is 55.3 Å². The molecular weight excluding hydrogens is 424 g/mol. The standard InChI is InChI=1S/C25H26N2O4S/c1-18-5-3-6-19(15-18)17-32-14-12-26-25(29)23(16-22-7-4-13-31-22)27-24(28)20-8-10-21(30-2)11-9-20/h3-11,13,15-16H,12,14,17H2,1-2H3,(H,26,29)(H,27,28)/b23-16-. The topological polar surface area (TPSA) is 80.6 Å². The van der Waals surface area contributed by atoms with Gasteiger partial charge in [-0.25, -0.2) is 0 Å². The van der Waals surface area contributed by atoms with Gasteiger partial charge in [0.05, 0.1) is 13.4 Å². The molecule has 3 aromatic rings. The Labute approximate surface area is 192 Å². The van der Waals surface area contributed by atoms with Crippen LogP contribution in [0.2, 0.25) is 0 Å². The lowest BCUT2D eigenvalue weighted by Crippen LogP contribution is -2.35. The summed E-state index contributed by atoms with van der Waals surface area (Å²) < 4.78 is 10.4. The number of hydrogen-bond acceptors (Lipinski definition) is 5. The van der Waals surface area contributed by atoms with E-state index in [1.807, 2.05) is 6.07 Å². The summed E-state index contributed by atoms with van der Waals surface area (Å²) in [6.45, 7) is 2.55. The molecule has 0 aliphatic heterocycles. The van der Waals surface area contributed by atoms with Gasteiger partial charge in [-0.15, -0.1) is 0 Å². The highest BCUT2D eigenvalue weighted by Crippen LogP contribution is 2.14. The third kappa shape index (κ3) is 7.06. The lowest BCUT2D eigenvalue weighted by Gasteiger charge is -2.11. The van der Waals surface area contributed by atoms with Crippen LogP contribution in [-0.4, -0.2) is 31.2 Å². The molecule has 0 unspecified atom stereocenters. The molecular formula is C25H26N2O4S. The quantitative estimate of drug-likeness (QED) is 0.353. The monoisotopic (exact) mass is 450 g/mol. The summed E-state index contributed by atoms with van der Waals surface area (Å²) in [5, 5.41) is 5.55. The first-order valence-electron chi connectivity index (χ1n) is 10.2. The SMILES string of the molecule is COc1ccc(C(=O)N/C(=C\c2ccco2)C(=O)NCCSCc2cccc(C)c2)cc1. The highest BCUT2D eigenvalue weighted by Gasteiger charge is 2.15. The van der Waals surface area contributed by atoms with Crippen molar-refractivity contribution in [3.05, 3.63) is 95.1 Å². The number of carbonyl (C=O) groups excluding carboxylic acids is 2. The molecule has 1 heterocycles. The molecule has 2 aromatic carbocycles. The van der Waals surface area contributed by atoms with Gasteiger partial charge in [0, 0.05) is 29.7 Å². The van der Waals surface area contributed by atoms with Crippen LogP contribution in [0.1, 0.15) is 27.2 Å². The molecule has 7 heteroatoms. The van der Waals surface area contributed by atoms with Crippen molar-refractivity contribution in [2.24, 2.45) is 0 Å². The fourth-order valence-corrected chi connectivity index (χ4v) is 3.74. The van der Waals surface area contributed by atoms with Crippen molar-refractivity contribution in [2.75, 3.05) is 19.4 Å². The van der Waals surface area contributed by atoms with E-state index in [9.17, 15) is 9.59 Å². The molecule has 2 amide bonds. The van der Waals surface area contributed by atoms with Crippen LogP contribution in [-0.2, 0) is 10.5 Å². The van der Waals surface area contributed by atoms with Gasteiger partial charge in [-0.05, 0) is 48.9 Å². The molecule has 0 atom stereocenters. The highest BCUT2D eigenvalue weighted by molar-refractivity contribution is 7.98. The van der Waals surface area contributed by atoms with Crippen molar-refractivity contribution in [3.63, 3.8) is 0 Å². The van der Waals surface area contributed by atoms with Gasteiger partial charge < -0.3 is 19.8 Å². The minimum absolute atomic E-state index is 0.115. The first-order valence-corrected chi connectivity index (χ1v) is 11.3. The van der Waals surface area contributed by atoms with Gasteiger partial charge in [0.15, 0.2) is 0 Å². The Kier molecular flexibility index (Phi) is 8.57. The maximum absolute atomic E-state index is 12.7. The Morgan fingerprint density at radius 3 is 2.59 bits per heavy atom. The van der Waals surface area contributed by atoms with Crippen LogP contribution in [0.3, 0.4) is 0 Å². The molecule has 6 nitrogen and oxygen atoms in total. The van der Waals surface area contributed by atoms with E-state index < -0.39 is 5.91 Å². The van der Waals surface area contributed by atoms with Crippen LogP contribution >= 0.6 is 11.8 Å². The summed E-state index contributed by atoms with van der Waals surface area (Å²) in [6.07, 6.45) is 3.02. The Hall–Kier alpha value is -3.45. The van der Waals surface area contributed by atoms with Gasteiger partial charge in [0.1, 0.15) is 17.2 Å². The molecule has 1 aromatic heterocycles. The average Bonchev–Trinajstić information content (AvgIpc) is 3.31. The number of ether oxygens (including phenoxy) is 1. The lowest BCUT2D eigenvalue weighted by molar-refractivity contribution is -0.117. The molecule has 0 saturated heterocycles. The zero-order chi connectivity index (χ0) is 22.8. The molecule has 0 spiro atoms. The molecule has 0 aliphatic carbocycles. The van der Waals surface area contributed by atoms with E-state index in [4.69, 9.17) is 9.15 Å². The zero-order valence-electron chi connectivity index (χ0n) is 18.1. The number of furan rings is 1. The zero-order valence-corrected chi connectivity index (χ0v) is 18.9. The summed E-state index contributed by atoms with van der Waals surface area (Å²) in [5.41, 5.74) is 3.02. The number of thioether (sulfide) groups is 1. The van der Waals surface area contributed by atoms with Gasteiger partial charge in [-0.1, -0.05) is 29.8 Å². The third-order valence-electron chi connectivity index (χ3n) is 4.56. The Bertz CT molecular complexity index is 1060. The van der Waals surface area contributed by atoms with Crippen LogP contribution in [0.5, 0.6) is 5.75 Å². The van der Waals surface area contributed by atoms with Gasteiger partial charge in [-0.2, -0.15) is 11.8 Å². The minimum atomic E-state index is -0.394. The van der Waals surface area contributed by atoms with Gasteiger partial charge in [0.2, 0.25) is 0 Å². The van der Waals surface area contributed by atoms with Crippen LogP contribution in [0.15, 0.2) is 77.0 Å². The molecule has 0 bridgehead atoms. The number of nitrogens with one attached hydrogen (secondary N) is 2. The van der Waals surface area contributed by atoms with Gasteiger partial charge >= 0.3 is 0 Å². The predicted molar refractivity (Wildman–Crippen MR) is 127 cm³/mol. The number of methoxy groups -OCH3 is 1. The summed E-state index contributed by atoms with van der Waals surface area (Å²) in [5.74, 6) is 1.97. The molecule has 0 fully saturated rings. The molecule has 2 N–H and O–H groups in total. The largest absolute Gasteiger partial charge is 0.497 e. The minimum Gasteiger partial charge on any atom is -0.497 e. The number of carbonyl (C=O) groups is 2. The van der Waals surface area contributed by atoms with Crippen molar-refractivity contribution in [2.45, 2.75) is 12.7 Å². The van der Waals surface area contributed by atoms with E-state index in [-0.39, 0.29) is 11.6 Å². The van der Waals surface area contributed by atoms with Gasteiger partial charge in [0.25, 0.3) is 11.8 Å². The van der Waals surface area contributed by atoms with Crippen LogP contribution in [0.25, 0.3) is 6.08 Å². The molecule has 166 valence electrons. The van der Waals surface area contributed by atoms with Crippen LogP contribution in [0, 0.1) is 6.92 Å². The van der Waals surface area contributed by atoms with E-state index in [0.717, 1.165) is 11.5 Å². The second-order valence-corrected chi connectivity index (χ2v) is 8.16. The Morgan fingerprint density at radius 2 is 1.91 bits per heavy atom. The van der Waals surface area contributed by atoms with Crippen LogP contribution in [0.4, 0.5) is 0 Å². The fourth-order valence-electron chi connectivity index (χ4n) is 2.93. The molecule has 0 aliphatic rings. The predicted octanol–water partition coefficient (Wildman–Crippen LogP) is 4.42. The summed E-state index contributed by atoms with van der Waals surface area (Å²) >= 11 is 1.74. The summed E-state index contributed by atoms with van der Waals surface area (Å²) in [6, 6.07) is 18.5. The summed E-state index contributed by atoms with van der Waals surface area (Å²) in [4.78, 5) is 25.4. The summed E-state index contributed by atoms with van der Waals surface area (Å²) in [7, 11) is 1.56. The van der Waals surface area contributed by atoms with Gasteiger partial charge in [-0.3, -0.25) is 9.59 Å². The average molecular weight is 451 g/mol. The molecule has 32 heavy (non-hydrogen) atoms. The second-order valence-electron chi connectivity index (χ2n) is 7.05. The Balaban J connectivity index is 1.57. The second kappa shape index (κ2) is 11.8. The maximum atomic E-state index is 12.7. The van der Waals surface area contributed by atoms with Crippen molar-refractivity contribution < 1.29 is 18.7 Å². The van der Waals surface area contributed by atoms with E-state index in [0.29, 0.717) is 23.6 Å². The van der Waals surface area contributed by atoms with Crippen molar-refractivity contribution in [1.29, 1.82) is 0 Å². The van der Waals surface area contributed by atoms with E-state index in [1.165, 1.54) is 23.5 Å². The lowest BCUT2D eigenvalue weighted by atomic mass is 10.2. The number of amides is 2. The number of hydrogen-bond donors (Lipinski definition) is 2. The third-order valence-corrected chi connectivity index (χ3v) is 5.59. The Morgan fingerprint density at radius 1 is 1.09 bits per heavy atom. The number of aryl methyl sites for hydroxylation is 1. The highest BCUT2D eigenvalue weighted by atomic mass is 32.2. The first-order chi connectivity index (χ1) is 15.5. The van der Waals surface area contributed by atoms with Crippen molar-refractivity contribution in [3.8, 4) is 5.75 Å². The smallest absolute Gasteiger partial charge is 0.267 e. The number of benzene rings is 2. The van der Waals surface area contributed by atoms with E-state index >= 15 is 0 Å². The number of rotatable bonds is 10. The van der Waals surface area contributed by atoms with Crippen LogP contribution < -0.4 is 15.4 Å². The van der Waals surface area contributed by atoms with E-state index in [2.05, 4.69) is 35.8 Å². The fraction of sp³-hybridized carbons (Fsp3) is 0.200. The van der Waals surface area contributed by atoms with Crippen molar-refractivity contribution in [1.82, 2.24) is 10.6 Å². The normalized spacial score (nSPS) is 11.1. The molecule has 0 saturated carbocycles.